The van der Waals surface area contributed by atoms with E-state index in [4.69, 9.17) is 0 Å². The molecule has 0 amide bonds. The topological polar surface area (TPSA) is 0 Å². The van der Waals surface area contributed by atoms with Gasteiger partial charge in [-0.2, -0.15) is 36.4 Å². The maximum Gasteiger partial charge on any atom is 1.00 e. The van der Waals surface area contributed by atoms with E-state index < -0.39 is 0 Å². The third-order valence-electron chi connectivity index (χ3n) is 1.36. The van der Waals surface area contributed by atoms with E-state index in [-0.39, 0.29) is 47.6 Å². The number of hydrogen-bond donors (Lipinski definition) is 0. The fourth-order valence-corrected chi connectivity index (χ4v) is 0.733. The van der Waals surface area contributed by atoms with Gasteiger partial charge in [-0.25, -0.2) is 8.78 Å². The van der Waals surface area contributed by atoms with Crippen LogP contribution in [0.5, 0.6) is 0 Å². The van der Waals surface area contributed by atoms with Crippen LogP contribution >= 0.6 is 0 Å². The molecule has 0 aliphatic carbocycles. The minimum Gasteiger partial charge on any atom is -0.236 e. The zero-order valence-corrected chi connectivity index (χ0v) is 9.62. The molecule has 0 unspecified atom stereocenters. The van der Waals surface area contributed by atoms with Crippen LogP contribution in [0.2, 0.25) is 0 Å². The van der Waals surface area contributed by atoms with E-state index in [1.807, 2.05) is 0 Å². The molecule has 0 fully saturated rings. The van der Waals surface area contributed by atoms with Crippen molar-refractivity contribution in [1.82, 2.24) is 0 Å². The average molecular weight is 261 g/mol. The molecule has 2 rings (SSSR count). The van der Waals surface area contributed by atoms with Crippen LogP contribution in [0.1, 0.15) is 0 Å². The first kappa shape index (κ1) is 17.8. The first-order valence-electron chi connectivity index (χ1n) is 4.02. The van der Waals surface area contributed by atoms with Gasteiger partial charge in [0.05, 0.1) is 0 Å². The van der Waals surface area contributed by atoms with Crippen LogP contribution in [0.15, 0.2) is 48.5 Å². The van der Waals surface area contributed by atoms with Crippen LogP contribution in [0.25, 0.3) is 0 Å². The van der Waals surface area contributed by atoms with Crippen molar-refractivity contribution in [3.63, 3.8) is 0 Å². The molecule has 0 aliphatic heterocycles. The molecule has 0 heterocycles. The summed E-state index contributed by atoms with van der Waals surface area (Å²) in [5.74, 6) is -0.419. The molecule has 2 aromatic rings. The van der Waals surface area contributed by atoms with E-state index in [0.717, 1.165) is 0 Å². The summed E-state index contributed by atoms with van der Waals surface area (Å²) in [6.45, 7) is 0. The van der Waals surface area contributed by atoms with Gasteiger partial charge in [-0.05, 0) is 0 Å². The summed E-state index contributed by atoms with van der Waals surface area (Å²) in [5.41, 5.74) is 0. The molecular weight excluding hydrogens is 253 g/mol. The van der Waals surface area contributed by atoms with Crippen molar-refractivity contribution in [1.29, 1.82) is 0 Å². The maximum atomic E-state index is 11.9. The molecule has 2 aromatic carbocycles. The molecule has 0 aliphatic rings. The second-order valence-corrected chi connectivity index (χ2v) is 2.44. The summed E-state index contributed by atoms with van der Waals surface area (Å²) >= 11 is 0. The van der Waals surface area contributed by atoms with Crippen LogP contribution in [0, 0.1) is 23.8 Å². The molecule has 0 saturated heterocycles. The summed E-state index contributed by atoms with van der Waals surface area (Å²) in [4.78, 5) is 0. The Morgan fingerprint density at radius 2 is 0.938 bits per heavy atom. The molecular formula is C12H8CuF2Li. The standard InChI is InChI=1S/2C6H4F.Cu.Li/c2*7-6-4-2-1-3-5-6;;/h2*2-5H;;/q2*-1;2*+1. The van der Waals surface area contributed by atoms with Gasteiger partial charge in [0.15, 0.2) is 0 Å². The largest absolute Gasteiger partial charge is 1.00 e. The molecule has 0 spiro atoms. The van der Waals surface area contributed by atoms with E-state index in [1.54, 1.807) is 0 Å². The molecule has 82 valence electrons. The smallest absolute Gasteiger partial charge is 0.236 e. The summed E-state index contributed by atoms with van der Waals surface area (Å²) in [6, 6.07) is 17.0. The Balaban J connectivity index is 0. The predicted octanol–water partition coefficient (Wildman–Crippen LogP) is 0.253. The molecule has 0 N–H and O–H groups in total. The van der Waals surface area contributed by atoms with Crippen molar-refractivity contribution in [3.05, 3.63) is 72.3 Å². The Kier molecular flexibility index (Phi) is 12.1. The molecule has 0 aromatic heterocycles. The Hall–Kier alpha value is -0.583. The number of halogens is 2. The Bertz CT molecular complexity index is 316. The minimum atomic E-state index is -0.209. The maximum absolute atomic E-state index is 11.9. The van der Waals surface area contributed by atoms with Crippen molar-refractivity contribution in [3.8, 4) is 0 Å². The van der Waals surface area contributed by atoms with Gasteiger partial charge >= 0.3 is 35.9 Å². The van der Waals surface area contributed by atoms with E-state index in [1.165, 1.54) is 48.5 Å². The van der Waals surface area contributed by atoms with Crippen molar-refractivity contribution in [2.24, 2.45) is 0 Å². The van der Waals surface area contributed by atoms with Crippen LogP contribution in [-0.4, -0.2) is 0 Å². The molecule has 0 nitrogen and oxygen atoms in total. The first-order valence-corrected chi connectivity index (χ1v) is 4.02. The van der Waals surface area contributed by atoms with Gasteiger partial charge < -0.3 is 0 Å². The third kappa shape index (κ3) is 8.70. The van der Waals surface area contributed by atoms with Crippen molar-refractivity contribution < 1.29 is 44.7 Å². The fraction of sp³-hybridized carbons (Fsp3) is 0. The zero-order valence-electron chi connectivity index (χ0n) is 8.68. The van der Waals surface area contributed by atoms with Crippen LogP contribution < -0.4 is 18.9 Å². The van der Waals surface area contributed by atoms with Gasteiger partial charge in [-0.1, -0.05) is 0 Å². The van der Waals surface area contributed by atoms with E-state index in [2.05, 4.69) is 12.1 Å². The molecule has 0 saturated carbocycles. The van der Waals surface area contributed by atoms with Crippen LogP contribution in [-0.2, 0) is 17.1 Å². The van der Waals surface area contributed by atoms with Crippen LogP contribution in [0.4, 0.5) is 8.78 Å². The van der Waals surface area contributed by atoms with E-state index >= 15 is 0 Å². The monoisotopic (exact) mass is 260 g/mol. The van der Waals surface area contributed by atoms with Crippen molar-refractivity contribution >= 4 is 0 Å². The van der Waals surface area contributed by atoms with Gasteiger partial charge in [-0.3, -0.25) is 0 Å². The Morgan fingerprint density at radius 3 is 1.06 bits per heavy atom. The summed E-state index contributed by atoms with van der Waals surface area (Å²) in [7, 11) is 0. The summed E-state index contributed by atoms with van der Waals surface area (Å²) in [5, 5.41) is 0. The molecule has 16 heavy (non-hydrogen) atoms. The van der Waals surface area contributed by atoms with Gasteiger partial charge in [0, 0.05) is 11.6 Å². The Labute approximate surface area is 117 Å². The molecule has 0 bridgehead atoms. The van der Waals surface area contributed by atoms with Crippen molar-refractivity contribution in [2.45, 2.75) is 0 Å². The number of rotatable bonds is 0. The zero-order chi connectivity index (χ0) is 10.2. The number of hydrogen-bond acceptors (Lipinski definition) is 0. The van der Waals surface area contributed by atoms with Gasteiger partial charge in [-0.15, -0.1) is 24.3 Å². The van der Waals surface area contributed by atoms with E-state index in [0.29, 0.717) is 0 Å². The normalized spacial score (nSPS) is 7.62. The predicted molar refractivity (Wildman–Crippen MR) is 50.5 cm³/mol. The molecule has 0 radical (unpaired) electrons. The van der Waals surface area contributed by atoms with Gasteiger partial charge in [0.25, 0.3) is 0 Å². The van der Waals surface area contributed by atoms with E-state index in [9.17, 15) is 8.78 Å². The fourth-order valence-electron chi connectivity index (χ4n) is 0.733. The second kappa shape index (κ2) is 10.9. The minimum absolute atomic E-state index is 0. The third-order valence-corrected chi connectivity index (χ3v) is 1.36. The SMILES string of the molecule is Fc1cc[c-]cc1.Fc1cc[c-]cc1.[Cu+].[Li+]. The molecule has 0 atom stereocenters. The Morgan fingerprint density at radius 1 is 0.688 bits per heavy atom. The van der Waals surface area contributed by atoms with Gasteiger partial charge in [0.2, 0.25) is 0 Å². The summed E-state index contributed by atoms with van der Waals surface area (Å²) in [6.07, 6.45) is 0. The van der Waals surface area contributed by atoms with Crippen molar-refractivity contribution in [2.75, 3.05) is 0 Å². The second-order valence-electron chi connectivity index (χ2n) is 2.44. The van der Waals surface area contributed by atoms with Gasteiger partial charge in [0.1, 0.15) is 0 Å². The van der Waals surface area contributed by atoms with Crippen LogP contribution in [0.3, 0.4) is 0 Å². The molecule has 4 heteroatoms. The average Bonchev–Trinajstić information content (AvgIpc) is 2.21. The quantitative estimate of drug-likeness (QED) is 0.471. The number of benzene rings is 2. The summed E-state index contributed by atoms with van der Waals surface area (Å²) < 4.78 is 23.8. The first-order chi connectivity index (χ1) is 6.79.